The van der Waals surface area contributed by atoms with E-state index in [2.05, 4.69) is 20.8 Å². The van der Waals surface area contributed by atoms with Crippen molar-refractivity contribution in [3.63, 3.8) is 0 Å². The van der Waals surface area contributed by atoms with Crippen LogP contribution in [0.5, 0.6) is 17.2 Å². The molecule has 0 fully saturated rings. The largest absolute Gasteiger partial charge is 0.504 e. The van der Waals surface area contributed by atoms with E-state index in [-0.39, 0.29) is 5.56 Å². The van der Waals surface area contributed by atoms with Gasteiger partial charge in [0, 0.05) is 5.56 Å². The van der Waals surface area contributed by atoms with Gasteiger partial charge in [0.1, 0.15) is 5.56 Å². The zero-order chi connectivity index (χ0) is 26.6. The molecule has 5 heteroatoms. The molecule has 3 N–H and O–H groups in total. The molecule has 1 rings (SSSR count). The molecule has 5 nitrogen and oxygen atoms in total. The molecule has 0 aliphatic heterocycles. The van der Waals surface area contributed by atoms with E-state index in [0.29, 0.717) is 30.8 Å². The topological polar surface area (TPSA) is 87.0 Å². The number of benzene rings is 1. The van der Waals surface area contributed by atoms with Crippen molar-refractivity contribution in [2.45, 2.75) is 149 Å². The second kappa shape index (κ2) is 20.2. The fourth-order valence-corrected chi connectivity index (χ4v) is 4.95. The summed E-state index contributed by atoms with van der Waals surface area (Å²) in [6, 6.07) is 0. The Morgan fingerprint density at radius 1 is 0.583 bits per heavy atom. The number of aromatic carboxylic acids is 1. The number of carbonyl (C=O) groups is 1. The maximum atomic E-state index is 12.1. The fraction of sp³-hybridized carbons (Fsp3) is 0.774. The van der Waals surface area contributed by atoms with Crippen molar-refractivity contribution in [1.82, 2.24) is 0 Å². The molecule has 0 saturated heterocycles. The zero-order valence-corrected chi connectivity index (χ0v) is 23.5. The average molecular weight is 507 g/mol. The van der Waals surface area contributed by atoms with Crippen molar-refractivity contribution in [3.8, 4) is 17.2 Å². The Morgan fingerprint density at radius 3 is 1.47 bits per heavy atom. The molecule has 0 saturated carbocycles. The molecular weight excluding hydrogens is 452 g/mol. The third kappa shape index (κ3) is 11.9. The lowest BCUT2D eigenvalue weighted by atomic mass is 9.90. The Bertz CT molecular complexity index is 728. The number of carboxylic acid groups (broad SMARTS) is 1. The fourth-order valence-electron chi connectivity index (χ4n) is 4.95. The maximum absolute atomic E-state index is 12.1. The SMILES string of the molecule is CCCCCCCCCCOc1c(O)c(O)c(C(=O)O)c(CCCCCCC)c1CCCCCCC. The summed E-state index contributed by atoms with van der Waals surface area (Å²) in [4.78, 5) is 12.1. The van der Waals surface area contributed by atoms with Gasteiger partial charge in [-0.25, -0.2) is 4.79 Å². The third-order valence-electron chi connectivity index (χ3n) is 7.14. The van der Waals surface area contributed by atoms with Gasteiger partial charge in [-0.15, -0.1) is 0 Å². The van der Waals surface area contributed by atoms with Crippen molar-refractivity contribution < 1.29 is 24.9 Å². The summed E-state index contributed by atoms with van der Waals surface area (Å²) in [5, 5.41) is 31.4. The van der Waals surface area contributed by atoms with Crippen LogP contribution in [0.4, 0.5) is 0 Å². The highest BCUT2D eigenvalue weighted by molar-refractivity contribution is 5.95. The Labute approximate surface area is 220 Å². The second-order valence-corrected chi connectivity index (χ2v) is 10.3. The third-order valence-corrected chi connectivity index (χ3v) is 7.14. The molecule has 0 aliphatic rings. The van der Waals surface area contributed by atoms with E-state index in [1.54, 1.807) is 0 Å². The summed E-state index contributed by atoms with van der Waals surface area (Å²) < 4.78 is 6.09. The molecule has 0 spiro atoms. The van der Waals surface area contributed by atoms with Crippen LogP contribution in [-0.4, -0.2) is 27.9 Å². The molecule has 0 aliphatic carbocycles. The monoisotopic (exact) mass is 506 g/mol. The lowest BCUT2D eigenvalue weighted by Crippen LogP contribution is -2.11. The van der Waals surface area contributed by atoms with Crippen LogP contribution in [0.2, 0.25) is 0 Å². The van der Waals surface area contributed by atoms with Gasteiger partial charge in [-0.3, -0.25) is 0 Å². The molecule has 0 heterocycles. The number of carboxylic acids is 1. The number of hydrogen-bond donors (Lipinski definition) is 3. The van der Waals surface area contributed by atoms with Crippen molar-refractivity contribution in [2.75, 3.05) is 6.61 Å². The minimum atomic E-state index is -1.19. The van der Waals surface area contributed by atoms with Crippen LogP contribution in [0.25, 0.3) is 0 Å². The summed E-state index contributed by atoms with van der Waals surface area (Å²) in [6.45, 7) is 7.05. The summed E-state index contributed by atoms with van der Waals surface area (Å²) in [5.74, 6) is -1.84. The van der Waals surface area contributed by atoms with Gasteiger partial charge in [0.25, 0.3) is 0 Å². The van der Waals surface area contributed by atoms with Crippen LogP contribution in [0.3, 0.4) is 0 Å². The predicted molar refractivity (Wildman–Crippen MR) is 150 cm³/mol. The van der Waals surface area contributed by atoms with Gasteiger partial charge >= 0.3 is 5.97 Å². The Kier molecular flexibility index (Phi) is 18.0. The van der Waals surface area contributed by atoms with Gasteiger partial charge in [0.15, 0.2) is 11.5 Å². The molecule has 0 atom stereocenters. The highest BCUT2D eigenvalue weighted by Gasteiger charge is 2.28. The molecule has 1 aromatic carbocycles. The second-order valence-electron chi connectivity index (χ2n) is 10.3. The van der Waals surface area contributed by atoms with Gasteiger partial charge in [-0.1, -0.05) is 117 Å². The van der Waals surface area contributed by atoms with Crippen LogP contribution in [0.15, 0.2) is 0 Å². The minimum Gasteiger partial charge on any atom is -0.504 e. The maximum Gasteiger partial charge on any atom is 0.339 e. The number of unbranched alkanes of at least 4 members (excludes halogenated alkanes) is 15. The standard InChI is InChI=1S/C31H54O5/c1-4-7-10-13-14-15-18-21-24-36-30-26(23-20-17-12-9-6-3)25(22-19-16-11-8-5-2)27(31(34)35)28(32)29(30)33/h32-33H,4-24H2,1-3H3,(H,34,35). The number of aromatic hydroxyl groups is 2. The van der Waals surface area contributed by atoms with E-state index in [1.807, 2.05) is 0 Å². The first-order valence-corrected chi connectivity index (χ1v) is 14.9. The van der Waals surface area contributed by atoms with Crippen LogP contribution in [-0.2, 0) is 12.8 Å². The Balaban J connectivity index is 2.99. The Hall–Kier alpha value is -1.91. The molecular formula is C31H54O5. The van der Waals surface area contributed by atoms with E-state index in [1.165, 1.54) is 57.8 Å². The highest BCUT2D eigenvalue weighted by Crippen LogP contribution is 2.45. The van der Waals surface area contributed by atoms with E-state index in [0.717, 1.165) is 63.4 Å². The van der Waals surface area contributed by atoms with Crippen molar-refractivity contribution in [3.05, 3.63) is 16.7 Å². The molecule has 0 bridgehead atoms. The van der Waals surface area contributed by atoms with Crippen LogP contribution >= 0.6 is 0 Å². The molecule has 0 aromatic heterocycles. The number of ether oxygens (including phenoxy) is 1. The quantitative estimate of drug-likeness (QED) is 0.102. The first-order valence-electron chi connectivity index (χ1n) is 14.9. The molecule has 36 heavy (non-hydrogen) atoms. The van der Waals surface area contributed by atoms with E-state index in [9.17, 15) is 20.1 Å². The van der Waals surface area contributed by atoms with Crippen LogP contribution in [0.1, 0.15) is 158 Å². The van der Waals surface area contributed by atoms with Gasteiger partial charge in [-0.05, 0) is 37.7 Å². The molecule has 0 amide bonds. The van der Waals surface area contributed by atoms with E-state index >= 15 is 0 Å². The smallest absolute Gasteiger partial charge is 0.339 e. The average Bonchev–Trinajstić information content (AvgIpc) is 2.86. The predicted octanol–water partition coefficient (Wildman–Crippen LogP) is 9.34. The summed E-state index contributed by atoms with van der Waals surface area (Å²) in [5.41, 5.74) is 1.29. The minimum absolute atomic E-state index is 0.147. The number of rotatable bonds is 23. The highest BCUT2D eigenvalue weighted by atomic mass is 16.5. The lowest BCUT2D eigenvalue weighted by Gasteiger charge is -2.21. The van der Waals surface area contributed by atoms with Crippen LogP contribution < -0.4 is 4.74 Å². The number of phenolic OH excluding ortho intramolecular Hbond substituents is 1. The van der Waals surface area contributed by atoms with E-state index < -0.39 is 17.5 Å². The zero-order valence-electron chi connectivity index (χ0n) is 23.5. The van der Waals surface area contributed by atoms with Crippen molar-refractivity contribution in [1.29, 1.82) is 0 Å². The van der Waals surface area contributed by atoms with Crippen molar-refractivity contribution >= 4 is 5.97 Å². The summed E-state index contributed by atoms with van der Waals surface area (Å²) in [7, 11) is 0. The summed E-state index contributed by atoms with van der Waals surface area (Å²) >= 11 is 0. The molecule has 0 unspecified atom stereocenters. The van der Waals surface area contributed by atoms with Gasteiger partial charge in [0.05, 0.1) is 6.61 Å². The van der Waals surface area contributed by atoms with Crippen LogP contribution in [0, 0.1) is 0 Å². The molecule has 1 aromatic rings. The van der Waals surface area contributed by atoms with Gasteiger partial charge in [0.2, 0.25) is 5.75 Å². The first-order chi connectivity index (χ1) is 17.5. The van der Waals surface area contributed by atoms with E-state index in [4.69, 9.17) is 4.74 Å². The normalized spacial score (nSPS) is 11.2. The Morgan fingerprint density at radius 2 is 1.00 bits per heavy atom. The first kappa shape index (κ1) is 32.1. The molecule has 208 valence electrons. The number of phenols is 2. The molecule has 0 radical (unpaired) electrons. The van der Waals surface area contributed by atoms with Crippen molar-refractivity contribution in [2.24, 2.45) is 0 Å². The van der Waals surface area contributed by atoms with Gasteiger partial charge < -0.3 is 20.1 Å². The lowest BCUT2D eigenvalue weighted by molar-refractivity contribution is 0.0691. The number of hydrogen-bond acceptors (Lipinski definition) is 4. The summed E-state index contributed by atoms with van der Waals surface area (Å²) in [6.07, 6.45) is 21.6. The van der Waals surface area contributed by atoms with Gasteiger partial charge in [-0.2, -0.15) is 0 Å².